The van der Waals surface area contributed by atoms with Crippen molar-refractivity contribution in [3.63, 3.8) is 0 Å². The van der Waals surface area contributed by atoms with E-state index in [1.807, 2.05) is 0 Å². The highest BCUT2D eigenvalue weighted by molar-refractivity contribution is 7.79. The second kappa shape index (κ2) is 3.25. The van der Waals surface area contributed by atoms with Gasteiger partial charge in [-0.05, 0) is 12.3 Å². The van der Waals surface area contributed by atoms with Gasteiger partial charge >= 0.3 is 11.9 Å². The number of carboxylic acids is 2. The Morgan fingerprint density at radius 1 is 1.38 bits per heavy atom. The zero-order valence-electron chi connectivity index (χ0n) is 8.07. The Labute approximate surface area is 92.9 Å². The monoisotopic (exact) mass is 249 g/mol. The third-order valence-corrected chi connectivity index (χ3v) is 4.58. The summed E-state index contributed by atoms with van der Waals surface area (Å²) in [7, 11) is 0. The van der Waals surface area contributed by atoms with Crippen molar-refractivity contribution in [3.05, 3.63) is 0 Å². The molecule has 0 heterocycles. The van der Waals surface area contributed by atoms with Gasteiger partial charge in [-0.25, -0.2) is 4.21 Å². The van der Waals surface area contributed by atoms with E-state index in [1.54, 1.807) is 0 Å². The fraction of sp³-hybridized carbons (Fsp3) is 0.750. The third-order valence-electron chi connectivity index (χ3n) is 3.58. The highest BCUT2D eigenvalue weighted by Gasteiger charge is 2.75. The number of nitrogens with two attached hydrogens (primary N) is 1. The van der Waals surface area contributed by atoms with Crippen LogP contribution in [-0.4, -0.2) is 41.7 Å². The molecule has 6 unspecified atom stereocenters. The van der Waals surface area contributed by atoms with Crippen LogP contribution in [-0.2, 0) is 20.7 Å². The van der Waals surface area contributed by atoms with E-state index in [0.717, 1.165) is 0 Å². The minimum absolute atomic E-state index is 0.148. The molecule has 2 saturated carbocycles. The second-order valence-electron chi connectivity index (χ2n) is 4.33. The second-order valence-corrected chi connectivity index (χ2v) is 5.49. The molecule has 2 rings (SSSR count). The molecule has 16 heavy (non-hydrogen) atoms. The Morgan fingerprint density at radius 3 is 2.31 bits per heavy atom. The zero-order valence-corrected chi connectivity index (χ0v) is 8.88. The molecule has 0 saturated heterocycles. The average Bonchev–Trinajstić information content (AvgIpc) is 2.81. The highest BCUT2D eigenvalue weighted by atomic mass is 32.2. The first-order chi connectivity index (χ1) is 7.30. The van der Waals surface area contributed by atoms with Gasteiger partial charge in [0.25, 0.3) is 0 Å². The first kappa shape index (κ1) is 11.5. The Bertz CT molecular complexity index is 398. The fourth-order valence-corrected chi connectivity index (χ4v) is 3.85. The van der Waals surface area contributed by atoms with Crippen molar-refractivity contribution in [2.75, 3.05) is 0 Å². The van der Waals surface area contributed by atoms with Gasteiger partial charge in [-0.2, -0.15) is 0 Å². The summed E-state index contributed by atoms with van der Waals surface area (Å²) in [5, 5.41) is 17.0. The molecule has 7 nitrogen and oxygen atoms in total. The molecule has 0 aliphatic heterocycles. The third kappa shape index (κ3) is 1.30. The van der Waals surface area contributed by atoms with E-state index in [9.17, 15) is 13.8 Å². The van der Waals surface area contributed by atoms with Crippen LogP contribution in [0.2, 0.25) is 0 Å². The van der Waals surface area contributed by atoms with Gasteiger partial charge in [-0.15, -0.1) is 0 Å². The zero-order chi connectivity index (χ0) is 12.2. The van der Waals surface area contributed by atoms with Gasteiger partial charge in [0.2, 0.25) is 0 Å². The maximum Gasteiger partial charge on any atom is 0.324 e. The summed E-state index contributed by atoms with van der Waals surface area (Å²) < 4.78 is 20.0. The van der Waals surface area contributed by atoms with Crippen LogP contribution in [0.1, 0.15) is 6.42 Å². The van der Waals surface area contributed by atoms with Gasteiger partial charge in [0.15, 0.2) is 11.1 Å². The topological polar surface area (TPSA) is 138 Å². The van der Waals surface area contributed by atoms with E-state index >= 15 is 0 Å². The highest BCUT2D eigenvalue weighted by Crippen LogP contribution is 2.62. The van der Waals surface area contributed by atoms with E-state index in [2.05, 4.69) is 0 Å². The van der Waals surface area contributed by atoms with Crippen molar-refractivity contribution >= 4 is 23.0 Å². The summed E-state index contributed by atoms with van der Waals surface area (Å²) in [6.45, 7) is 0. The lowest BCUT2D eigenvalue weighted by Crippen LogP contribution is -2.50. The number of carboxylic acid groups (broad SMARTS) is 2. The molecule has 0 bridgehead atoms. The Morgan fingerprint density at radius 2 is 1.94 bits per heavy atom. The standard InChI is InChI=1S/C8H11NO6S/c9-8(7(12)13)1-2(16(14)15)3-4(5(3)8)6(10)11/h2-5H,1,9H2,(H,10,11)(H,12,13)(H,14,15). The van der Waals surface area contributed by atoms with Gasteiger partial charge in [-0.1, -0.05) is 0 Å². The molecule has 2 aliphatic rings. The van der Waals surface area contributed by atoms with Gasteiger partial charge in [0.1, 0.15) is 5.54 Å². The van der Waals surface area contributed by atoms with Crippen LogP contribution >= 0.6 is 0 Å². The molecule has 6 atom stereocenters. The van der Waals surface area contributed by atoms with Crippen LogP contribution in [0.15, 0.2) is 0 Å². The largest absolute Gasteiger partial charge is 0.481 e. The van der Waals surface area contributed by atoms with E-state index in [-0.39, 0.29) is 6.42 Å². The van der Waals surface area contributed by atoms with Crippen LogP contribution in [0.5, 0.6) is 0 Å². The summed E-state index contributed by atoms with van der Waals surface area (Å²) >= 11 is -2.24. The van der Waals surface area contributed by atoms with Crippen molar-refractivity contribution in [1.29, 1.82) is 0 Å². The summed E-state index contributed by atoms with van der Waals surface area (Å²) in [5.41, 5.74) is 3.95. The molecule has 0 aromatic rings. The first-order valence-corrected chi connectivity index (χ1v) is 5.82. The molecule has 5 N–H and O–H groups in total. The molecule has 8 heteroatoms. The van der Waals surface area contributed by atoms with Crippen LogP contribution in [0, 0.1) is 17.8 Å². The summed E-state index contributed by atoms with van der Waals surface area (Å²) in [6, 6.07) is 0. The number of rotatable bonds is 3. The lowest BCUT2D eigenvalue weighted by atomic mass is 9.91. The Kier molecular flexibility index (Phi) is 2.34. The minimum Gasteiger partial charge on any atom is -0.481 e. The van der Waals surface area contributed by atoms with Gasteiger partial charge in [0.05, 0.1) is 11.2 Å². The molecule has 0 aromatic heterocycles. The molecule has 0 radical (unpaired) electrons. The smallest absolute Gasteiger partial charge is 0.324 e. The molecule has 90 valence electrons. The van der Waals surface area contributed by atoms with E-state index in [0.29, 0.717) is 0 Å². The van der Waals surface area contributed by atoms with Gasteiger partial charge in [-0.3, -0.25) is 9.59 Å². The van der Waals surface area contributed by atoms with E-state index in [4.69, 9.17) is 20.5 Å². The maximum absolute atomic E-state index is 11.0. The lowest BCUT2D eigenvalue weighted by molar-refractivity contribution is -0.145. The molecule has 2 aliphatic carbocycles. The van der Waals surface area contributed by atoms with Crippen LogP contribution in [0.3, 0.4) is 0 Å². The van der Waals surface area contributed by atoms with Gasteiger partial charge in [0, 0.05) is 5.92 Å². The van der Waals surface area contributed by atoms with Crippen molar-refractivity contribution < 1.29 is 28.6 Å². The number of hydrogen-bond donors (Lipinski definition) is 4. The number of fused-ring (bicyclic) bond motifs is 1. The van der Waals surface area contributed by atoms with Crippen LogP contribution in [0.4, 0.5) is 0 Å². The van der Waals surface area contributed by atoms with Crippen LogP contribution in [0.25, 0.3) is 0 Å². The van der Waals surface area contributed by atoms with Crippen molar-refractivity contribution in [3.8, 4) is 0 Å². The average molecular weight is 249 g/mol. The molecule has 2 fully saturated rings. The molecular formula is C8H11NO6S. The molecular weight excluding hydrogens is 238 g/mol. The Balaban J connectivity index is 2.32. The summed E-state index contributed by atoms with van der Waals surface area (Å²) in [6.07, 6.45) is -0.148. The summed E-state index contributed by atoms with van der Waals surface area (Å²) in [4.78, 5) is 21.8. The number of carbonyl (C=O) groups is 2. The predicted octanol–water partition coefficient (Wildman–Crippen LogP) is -1.29. The van der Waals surface area contributed by atoms with Crippen molar-refractivity contribution in [2.45, 2.75) is 17.2 Å². The quantitative estimate of drug-likeness (QED) is 0.456. The number of hydrogen-bond acceptors (Lipinski definition) is 4. The lowest BCUT2D eigenvalue weighted by Gasteiger charge is -2.23. The van der Waals surface area contributed by atoms with Gasteiger partial charge < -0.3 is 20.5 Å². The molecule has 0 aromatic carbocycles. The van der Waals surface area contributed by atoms with Crippen LogP contribution < -0.4 is 5.73 Å². The predicted molar refractivity (Wildman–Crippen MR) is 51.8 cm³/mol. The van der Waals surface area contributed by atoms with Crippen molar-refractivity contribution in [2.24, 2.45) is 23.5 Å². The Hall–Kier alpha value is -0.990. The fourth-order valence-electron chi connectivity index (χ4n) is 2.82. The van der Waals surface area contributed by atoms with E-state index < -0.39 is 51.6 Å². The maximum atomic E-state index is 11.0. The van der Waals surface area contributed by atoms with Crippen molar-refractivity contribution in [1.82, 2.24) is 0 Å². The summed E-state index contributed by atoms with van der Waals surface area (Å²) in [5.74, 6) is -4.69. The SMILES string of the molecule is NC1(C(=O)O)CC(S(=O)O)C2C(C(=O)O)C21. The molecule has 0 amide bonds. The first-order valence-electron chi connectivity index (χ1n) is 4.65. The molecule has 0 spiro atoms. The number of aliphatic carboxylic acids is 2. The normalized spacial score (nSPS) is 47.1. The minimum atomic E-state index is -2.24. The van der Waals surface area contributed by atoms with E-state index in [1.165, 1.54) is 0 Å².